The van der Waals surface area contributed by atoms with Crippen LogP contribution in [-0.2, 0) is 16.0 Å². The van der Waals surface area contributed by atoms with E-state index in [0.29, 0.717) is 31.9 Å². The molecule has 0 unspecified atom stereocenters. The van der Waals surface area contributed by atoms with Crippen LogP contribution in [0.25, 0.3) is 0 Å². The quantitative estimate of drug-likeness (QED) is 0.631. The van der Waals surface area contributed by atoms with E-state index in [-0.39, 0.29) is 25.0 Å². The molecular formula is C26H34N2O4. The molecule has 0 aromatic heterocycles. The molecule has 1 aliphatic rings. The molecule has 1 aliphatic heterocycles. The first-order valence-corrected chi connectivity index (χ1v) is 11.4. The van der Waals surface area contributed by atoms with E-state index in [2.05, 4.69) is 13.0 Å². The molecule has 6 nitrogen and oxygen atoms in total. The van der Waals surface area contributed by atoms with E-state index >= 15 is 0 Å². The topological polar surface area (TPSA) is 59.1 Å². The van der Waals surface area contributed by atoms with Gasteiger partial charge in [0, 0.05) is 26.2 Å². The predicted octanol–water partition coefficient (Wildman–Crippen LogP) is 3.69. The minimum absolute atomic E-state index is 0.0100. The predicted molar refractivity (Wildman–Crippen MR) is 125 cm³/mol. The first-order valence-electron chi connectivity index (χ1n) is 11.4. The molecule has 0 atom stereocenters. The van der Waals surface area contributed by atoms with Gasteiger partial charge in [-0.25, -0.2) is 0 Å². The monoisotopic (exact) mass is 438 g/mol. The maximum atomic E-state index is 12.6. The van der Waals surface area contributed by atoms with Crippen LogP contribution in [0.4, 0.5) is 0 Å². The molecule has 2 aromatic carbocycles. The molecule has 32 heavy (non-hydrogen) atoms. The van der Waals surface area contributed by atoms with Crippen LogP contribution in [0, 0.1) is 20.8 Å². The van der Waals surface area contributed by atoms with Crippen LogP contribution in [0.15, 0.2) is 36.4 Å². The molecule has 6 heteroatoms. The van der Waals surface area contributed by atoms with Gasteiger partial charge in [-0.3, -0.25) is 9.59 Å². The van der Waals surface area contributed by atoms with Crippen LogP contribution < -0.4 is 9.47 Å². The molecule has 0 spiro atoms. The van der Waals surface area contributed by atoms with Gasteiger partial charge in [0.15, 0.2) is 13.2 Å². The zero-order chi connectivity index (χ0) is 23.1. The smallest absolute Gasteiger partial charge is 0.260 e. The third-order valence-corrected chi connectivity index (χ3v) is 6.02. The van der Waals surface area contributed by atoms with E-state index in [9.17, 15) is 9.59 Å². The molecule has 172 valence electrons. The molecule has 2 amide bonds. The Balaban J connectivity index is 1.42. The Labute approximate surface area is 191 Å². The van der Waals surface area contributed by atoms with Crippen molar-refractivity contribution in [3.63, 3.8) is 0 Å². The minimum atomic E-state index is -0.0583. The van der Waals surface area contributed by atoms with E-state index in [1.54, 1.807) is 9.80 Å². The molecule has 0 saturated carbocycles. The van der Waals surface area contributed by atoms with E-state index in [1.165, 1.54) is 5.56 Å². The fourth-order valence-corrected chi connectivity index (χ4v) is 3.86. The van der Waals surface area contributed by atoms with Crippen molar-refractivity contribution in [1.29, 1.82) is 0 Å². The van der Waals surface area contributed by atoms with Crippen molar-refractivity contribution < 1.29 is 19.1 Å². The van der Waals surface area contributed by atoms with Crippen LogP contribution in [0.5, 0.6) is 11.5 Å². The molecule has 0 N–H and O–H groups in total. The van der Waals surface area contributed by atoms with Crippen molar-refractivity contribution in [2.75, 3.05) is 39.4 Å². The Morgan fingerprint density at radius 1 is 0.781 bits per heavy atom. The average molecular weight is 439 g/mol. The summed E-state index contributed by atoms with van der Waals surface area (Å²) in [5.41, 5.74) is 4.50. The van der Waals surface area contributed by atoms with E-state index in [1.807, 2.05) is 51.1 Å². The lowest BCUT2D eigenvalue weighted by atomic mass is 10.1. The zero-order valence-corrected chi connectivity index (χ0v) is 19.6. The first kappa shape index (κ1) is 23.6. The van der Waals surface area contributed by atoms with Gasteiger partial charge in [0.05, 0.1) is 0 Å². The highest BCUT2D eigenvalue weighted by Crippen LogP contribution is 2.25. The minimum Gasteiger partial charge on any atom is -0.484 e. The van der Waals surface area contributed by atoms with Crippen molar-refractivity contribution >= 4 is 11.8 Å². The molecule has 1 heterocycles. The molecule has 1 fully saturated rings. The Bertz CT molecular complexity index is 932. The highest BCUT2D eigenvalue weighted by Gasteiger charge is 2.25. The van der Waals surface area contributed by atoms with E-state index in [4.69, 9.17) is 9.47 Å². The number of nitrogens with zero attached hydrogens (tertiary/aromatic N) is 2. The van der Waals surface area contributed by atoms with Crippen molar-refractivity contribution in [2.24, 2.45) is 0 Å². The Morgan fingerprint density at radius 2 is 1.31 bits per heavy atom. The molecule has 2 aromatic rings. The maximum Gasteiger partial charge on any atom is 0.260 e. The number of hydrogen-bond acceptors (Lipinski definition) is 4. The SMILES string of the molecule is CCCc1ccc(OCC(=O)N2CCN(C(=O)COc3c(C)ccc(C)c3C)CC2)cc1. The standard InChI is InChI=1S/C26H34N2O4/c1-5-6-22-9-11-23(12-10-22)31-17-24(29)27-13-15-28(16-14-27)25(30)18-32-26-20(3)8-7-19(2)21(26)4/h7-12H,5-6,13-18H2,1-4H3. The fourth-order valence-electron chi connectivity index (χ4n) is 3.86. The average Bonchev–Trinajstić information content (AvgIpc) is 2.81. The zero-order valence-electron chi connectivity index (χ0n) is 19.6. The summed E-state index contributed by atoms with van der Waals surface area (Å²) in [6, 6.07) is 12.0. The second kappa shape index (κ2) is 11.0. The number of amides is 2. The summed E-state index contributed by atoms with van der Waals surface area (Å²) < 4.78 is 11.5. The summed E-state index contributed by atoms with van der Waals surface area (Å²) in [4.78, 5) is 28.6. The van der Waals surface area contributed by atoms with Crippen molar-refractivity contribution in [3.8, 4) is 11.5 Å². The lowest BCUT2D eigenvalue weighted by Gasteiger charge is -2.34. The molecule has 1 saturated heterocycles. The number of aryl methyl sites for hydroxylation is 3. The number of carbonyl (C=O) groups is 2. The van der Waals surface area contributed by atoms with Crippen LogP contribution in [0.2, 0.25) is 0 Å². The normalized spacial score (nSPS) is 13.8. The molecule has 0 radical (unpaired) electrons. The van der Waals surface area contributed by atoms with Crippen molar-refractivity contribution in [3.05, 3.63) is 58.7 Å². The summed E-state index contributed by atoms with van der Waals surface area (Å²) in [6.07, 6.45) is 2.14. The van der Waals surface area contributed by atoms with Crippen molar-refractivity contribution in [1.82, 2.24) is 9.80 Å². The Morgan fingerprint density at radius 3 is 1.88 bits per heavy atom. The highest BCUT2D eigenvalue weighted by molar-refractivity contribution is 5.80. The van der Waals surface area contributed by atoms with Gasteiger partial charge in [0.2, 0.25) is 0 Å². The van der Waals surface area contributed by atoms with E-state index < -0.39 is 0 Å². The number of carbonyl (C=O) groups excluding carboxylic acids is 2. The number of hydrogen-bond donors (Lipinski definition) is 0. The first-order chi connectivity index (χ1) is 15.4. The van der Waals surface area contributed by atoms with Gasteiger partial charge in [-0.15, -0.1) is 0 Å². The van der Waals surface area contributed by atoms with Gasteiger partial charge < -0.3 is 19.3 Å². The van der Waals surface area contributed by atoms with Crippen LogP contribution in [-0.4, -0.2) is 61.0 Å². The largest absolute Gasteiger partial charge is 0.484 e. The maximum absolute atomic E-state index is 12.6. The van der Waals surface area contributed by atoms with E-state index in [0.717, 1.165) is 35.3 Å². The molecule has 0 bridgehead atoms. The number of rotatable bonds is 8. The highest BCUT2D eigenvalue weighted by atomic mass is 16.5. The summed E-state index contributed by atoms with van der Waals surface area (Å²) in [7, 11) is 0. The number of benzene rings is 2. The fraction of sp³-hybridized carbons (Fsp3) is 0.462. The third kappa shape index (κ3) is 6.02. The van der Waals surface area contributed by atoms with Crippen LogP contribution in [0.3, 0.4) is 0 Å². The third-order valence-electron chi connectivity index (χ3n) is 6.02. The summed E-state index contributed by atoms with van der Waals surface area (Å²) in [5, 5.41) is 0. The summed E-state index contributed by atoms with van der Waals surface area (Å²) >= 11 is 0. The number of piperazine rings is 1. The van der Waals surface area contributed by atoms with Gasteiger partial charge in [0.25, 0.3) is 11.8 Å². The molecule has 3 rings (SSSR count). The second-order valence-corrected chi connectivity index (χ2v) is 8.39. The summed E-state index contributed by atoms with van der Waals surface area (Å²) in [5.74, 6) is 1.37. The Kier molecular flexibility index (Phi) is 8.14. The van der Waals surface area contributed by atoms with Gasteiger partial charge in [0.1, 0.15) is 11.5 Å². The number of ether oxygens (including phenoxy) is 2. The summed E-state index contributed by atoms with van der Waals surface area (Å²) in [6.45, 7) is 10.2. The Hall–Kier alpha value is -3.02. The lowest BCUT2D eigenvalue weighted by molar-refractivity contribution is -0.141. The molecular weight excluding hydrogens is 404 g/mol. The van der Waals surface area contributed by atoms with Gasteiger partial charge >= 0.3 is 0 Å². The van der Waals surface area contributed by atoms with Crippen LogP contribution >= 0.6 is 0 Å². The second-order valence-electron chi connectivity index (χ2n) is 8.39. The molecule has 0 aliphatic carbocycles. The van der Waals surface area contributed by atoms with Gasteiger partial charge in [-0.1, -0.05) is 37.6 Å². The lowest BCUT2D eigenvalue weighted by Crippen LogP contribution is -2.52. The van der Waals surface area contributed by atoms with Crippen molar-refractivity contribution in [2.45, 2.75) is 40.5 Å². The van der Waals surface area contributed by atoms with Gasteiger partial charge in [-0.05, 0) is 61.6 Å². The van der Waals surface area contributed by atoms with Gasteiger partial charge in [-0.2, -0.15) is 0 Å². The van der Waals surface area contributed by atoms with Crippen LogP contribution in [0.1, 0.15) is 35.6 Å².